The Morgan fingerprint density at radius 2 is 2.15 bits per heavy atom. The monoisotopic (exact) mass is 293 g/mol. The van der Waals surface area contributed by atoms with Crippen LogP contribution in [0.5, 0.6) is 0 Å². The maximum absolute atomic E-state index is 12.7. The van der Waals surface area contributed by atoms with Crippen LogP contribution >= 0.6 is 0 Å². The highest BCUT2D eigenvalue weighted by molar-refractivity contribution is 7.89. The van der Waals surface area contributed by atoms with Gasteiger partial charge in [0.25, 0.3) is 0 Å². The van der Waals surface area contributed by atoms with Crippen molar-refractivity contribution >= 4 is 15.7 Å². The molecule has 1 aromatic rings. The van der Waals surface area contributed by atoms with Crippen LogP contribution in [0.1, 0.15) is 38.2 Å². The van der Waals surface area contributed by atoms with Gasteiger partial charge in [0, 0.05) is 18.3 Å². The molecule has 0 spiro atoms. The molecule has 1 aliphatic carbocycles. The van der Waals surface area contributed by atoms with Gasteiger partial charge in [0.1, 0.15) is 11.0 Å². The number of nitrogens with zero attached hydrogens (tertiary/aromatic N) is 2. The van der Waals surface area contributed by atoms with Gasteiger partial charge in [0.15, 0.2) is 0 Å². The Hall–Kier alpha value is -1.58. The number of nitrogen functional groups attached to an aromatic ring is 1. The van der Waals surface area contributed by atoms with E-state index < -0.39 is 10.0 Å². The minimum Gasteiger partial charge on any atom is -0.399 e. The van der Waals surface area contributed by atoms with Gasteiger partial charge in [-0.3, -0.25) is 0 Å². The number of benzene rings is 1. The molecule has 1 fully saturated rings. The molecule has 0 heterocycles. The Labute approximate surface area is 120 Å². The normalized spacial score (nSPS) is 15.2. The number of sulfonamides is 1. The van der Waals surface area contributed by atoms with Gasteiger partial charge >= 0.3 is 0 Å². The second-order valence-corrected chi connectivity index (χ2v) is 6.93. The number of unbranched alkanes of at least 4 members (excludes halogenated alkanes) is 1. The van der Waals surface area contributed by atoms with Crippen molar-refractivity contribution in [1.29, 1.82) is 5.26 Å². The Balaban J connectivity index is 2.40. The molecule has 0 radical (unpaired) electrons. The van der Waals surface area contributed by atoms with Crippen molar-refractivity contribution in [2.24, 2.45) is 0 Å². The van der Waals surface area contributed by atoms with Gasteiger partial charge in [0.05, 0.1) is 5.56 Å². The molecule has 1 aliphatic rings. The van der Waals surface area contributed by atoms with Crippen LogP contribution in [0.25, 0.3) is 0 Å². The van der Waals surface area contributed by atoms with Crippen molar-refractivity contribution in [2.45, 2.75) is 43.5 Å². The van der Waals surface area contributed by atoms with Gasteiger partial charge in [0.2, 0.25) is 10.0 Å². The van der Waals surface area contributed by atoms with Crippen molar-refractivity contribution in [2.75, 3.05) is 12.3 Å². The first kappa shape index (κ1) is 14.8. The van der Waals surface area contributed by atoms with Gasteiger partial charge < -0.3 is 5.73 Å². The van der Waals surface area contributed by atoms with E-state index in [2.05, 4.69) is 0 Å². The lowest BCUT2D eigenvalue weighted by Crippen LogP contribution is -2.34. The number of rotatable bonds is 6. The first-order valence-electron chi connectivity index (χ1n) is 6.82. The van der Waals surface area contributed by atoms with Crippen LogP contribution in [0.3, 0.4) is 0 Å². The van der Waals surface area contributed by atoms with Crippen LogP contribution in [0.15, 0.2) is 23.1 Å². The minimum absolute atomic E-state index is 0.0669. The van der Waals surface area contributed by atoms with Gasteiger partial charge in [-0.15, -0.1) is 0 Å². The van der Waals surface area contributed by atoms with E-state index in [0.29, 0.717) is 12.2 Å². The maximum Gasteiger partial charge on any atom is 0.244 e. The molecule has 0 bridgehead atoms. The molecular formula is C14H19N3O2S. The zero-order chi connectivity index (χ0) is 14.8. The van der Waals surface area contributed by atoms with Crippen molar-refractivity contribution in [1.82, 2.24) is 4.31 Å². The Bertz CT molecular complexity index is 630. The Morgan fingerprint density at radius 3 is 2.70 bits per heavy atom. The number of anilines is 1. The maximum atomic E-state index is 12.7. The third-order valence-corrected chi connectivity index (χ3v) is 5.41. The van der Waals surface area contributed by atoms with Gasteiger partial charge in [-0.25, -0.2) is 8.42 Å². The first-order chi connectivity index (χ1) is 9.50. The van der Waals surface area contributed by atoms with Crippen molar-refractivity contribution in [3.63, 3.8) is 0 Å². The quantitative estimate of drug-likeness (QED) is 0.814. The molecular weight excluding hydrogens is 274 g/mol. The molecule has 0 aliphatic heterocycles. The largest absolute Gasteiger partial charge is 0.399 e. The summed E-state index contributed by atoms with van der Waals surface area (Å²) in [6.45, 7) is 2.54. The lowest BCUT2D eigenvalue weighted by molar-refractivity contribution is 0.395. The van der Waals surface area contributed by atoms with Crippen LogP contribution in [0, 0.1) is 11.3 Å². The molecule has 5 nitrogen and oxygen atoms in total. The molecule has 0 atom stereocenters. The average molecular weight is 293 g/mol. The molecule has 2 N–H and O–H groups in total. The highest BCUT2D eigenvalue weighted by Crippen LogP contribution is 2.33. The van der Waals surface area contributed by atoms with E-state index in [9.17, 15) is 8.42 Å². The molecule has 0 aromatic heterocycles. The molecule has 0 saturated heterocycles. The summed E-state index contributed by atoms with van der Waals surface area (Å²) in [6.07, 6.45) is 3.57. The third-order valence-electron chi connectivity index (χ3n) is 3.40. The Morgan fingerprint density at radius 1 is 1.45 bits per heavy atom. The summed E-state index contributed by atoms with van der Waals surface area (Å²) in [5.41, 5.74) is 6.13. The summed E-state index contributed by atoms with van der Waals surface area (Å²) in [5.74, 6) is 0. The van der Waals surface area contributed by atoms with E-state index in [0.717, 1.165) is 25.7 Å². The van der Waals surface area contributed by atoms with Crippen molar-refractivity contribution < 1.29 is 8.42 Å². The molecule has 20 heavy (non-hydrogen) atoms. The van der Waals surface area contributed by atoms with E-state index in [-0.39, 0.29) is 16.5 Å². The standard InChI is InChI=1S/C14H19N3O2S/c1-2-3-8-17(13-5-6-13)20(18,19)14-7-4-12(16)9-11(14)10-15/h4,7,9,13H,2-3,5-6,8,16H2,1H3. The fourth-order valence-electron chi connectivity index (χ4n) is 2.16. The summed E-state index contributed by atoms with van der Waals surface area (Å²) in [7, 11) is -3.61. The second kappa shape index (κ2) is 5.81. The summed E-state index contributed by atoms with van der Waals surface area (Å²) >= 11 is 0. The highest BCUT2D eigenvalue weighted by atomic mass is 32.2. The minimum atomic E-state index is -3.61. The second-order valence-electron chi connectivity index (χ2n) is 5.07. The zero-order valence-corrected chi connectivity index (χ0v) is 12.4. The highest BCUT2D eigenvalue weighted by Gasteiger charge is 2.38. The SMILES string of the molecule is CCCCN(C1CC1)S(=O)(=O)c1ccc(N)cc1C#N. The molecule has 108 valence electrons. The van der Waals surface area contributed by atoms with Crippen LogP contribution in [-0.4, -0.2) is 25.3 Å². The number of hydrogen-bond acceptors (Lipinski definition) is 4. The van der Waals surface area contributed by atoms with Crippen LogP contribution in [-0.2, 0) is 10.0 Å². The van der Waals surface area contributed by atoms with Gasteiger partial charge in [-0.2, -0.15) is 9.57 Å². The van der Waals surface area contributed by atoms with Crippen LogP contribution in [0.2, 0.25) is 0 Å². The van der Waals surface area contributed by atoms with E-state index in [1.807, 2.05) is 13.0 Å². The van der Waals surface area contributed by atoms with Crippen molar-refractivity contribution in [3.8, 4) is 6.07 Å². The van der Waals surface area contributed by atoms with Crippen molar-refractivity contribution in [3.05, 3.63) is 23.8 Å². The lowest BCUT2D eigenvalue weighted by atomic mass is 10.2. The summed E-state index contributed by atoms with van der Waals surface area (Å²) in [4.78, 5) is 0.0669. The molecule has 0 amide bonds. The van der Waals surface area contributed by atoms with Crippen LogP contribution < -0.4 is 5.73 Å². The van der Waals surface area contributed by atoms with E-state index in [1.165, 1.54) is 18.2 Å². The topological polar surface area (TPSA) is 87.2 Å². The predicted octanol–water partition coefficient (Wildman–Crippen LogP) is 2.09. The summed E-state index contributed by atoms with van der Waals surface area (Å²) < 4.78 is 27.0. The van der Waals surface area contributed by atoms with E-state index >= 15 is 0 Å². The zero-order valence-electron chi connectivity index (χ0n) is 11.5. The molecule has 1 aromatic carbocycles. The van der Waals surface area contributed by atoms with E-state index in [4.69, 9.17) is 11.0 Å². The Kier molecular flexibility index (Phi) is 4.31. The summed E-state index contributed by atoms with van der Waals surface area (Å²) in [6, 6.07) is 6.40. The predicted molar refractivity (Wildman–Crippen MR) is 77.4 cm³/mol. The molecule has 0 unspecified atom stereocenters. The first-order valence-corrected chi connectivity index (χ1v) is 8.26. The number of nitrogens with two attached hydrogens (primary N) is 1. The average Bonchev–Trinajstić information content (AvgIpc) is 3.23. The lowest BCUT2D eigenvalue weighted by Gasteiger charge is -2.22. The van der Waals surface area contributed by atoms with Gasteiger partial charge in [-0.1, -0.05) is 13.3 Å². The molecule has 6 heteroatoms. The fourth-order valence-corrected chi connectivity index (χ4v) is 4.01. The number of nitriles is 1. The van der Waals surface area contributed by atoms with Gasteiger partial charge in [-0.05, 0) is 37.5 Å². The third kappa shape index (κ3) is 2.94. The summed E-state index contributed by atoms with van der Waals surface area (Å²) in [5, 5.41) is 9.13. The number of hydrogen-bond donors (Lipinski definition) is 1. The molecule has 2 rings (SSSR count). The van der Waals surface area contributed by atoms with E-state index in [1.54, 1.807) is 4.31 Å². The van der Waals surface area contributed by atoms with Crippen LogP contribution in [0.4, 0.5) is 5.69 Å². The fraction of sp³-hybridized carbons (Fsp3) is 0.500. The smallest absolute Gasteiger partial charge is 0.244 e. The molecule has 1 saturated carbocycles.